The molecule has 4 heteroatoms. The van der Waals surface area contributed by atoms with E-state index in [1.807, 2.05) is 17.8 Å². The van der Waals surface area contributed by atoms with Crippen LogP contribution in [0.3, 0.4) is 0 Å². The molecule has 3 saturated carbocycles. The lowest BCUT2D eigenvalue weighted by Crippen LogP contribution is -2.49. The van der Waals surface area contributed by atoms with Gasteiger partial charge < -0.3 is 5.11 Å². The number of hydrogen-bond acceptors (Lipinski definition) is 3. The van der Waals surface area contributed by atoms with Gasteiger partial charge in [0.25, 0.3) is 0 Å². The molecule has 1 unspecified atom stereocenters. The molecule has 4 nitrogen and oxygen atoms in total. The second-order valence-electron chi connectivity index (χ2n) is 12.5. The van der Waals surface area contributed by atoms with Gasteiger partial charge in [-0.25, -0.2) is 0 Å². The van der Waals surface area contributed by atoms with Crippen molar-refractivity contribution in [3.8, 4) is 6.07 Å². The molecule has 1 heterocycles. The van der Waals surface area contributed by atoms with E-state index in [4.69, 9.17) is 5.26 Å². The summed E-state index contributed by atoms with van der Waals surface area (Å²) in [6.45, 7) is 10.5. The van der Waals surface area contributed by atoms with Crippen LogP contribution in [0, 0.1) is 51.8 Å². The van der Waals surface area contributed by atoms with Gasteiger partial charge in [-0.2, -0.15) is 10.4 Å². The van der Waals surface area contributed by atoms with Crippen LogP contribution in [0.1, 0.15) is 91.0 Å². The number of nitriles is 1. The summed E-state index contributed by atoms with van der Waals surface area (Å²) in [5.74, 6) is 3.72. The zero-order valence-corrected chi connectivity index (χ0v) is 20.5. The molecule has 8 atom stereocenters. The molecular formula is C28H41N3O. The molecule has 0 aliphatic heterocycles. The normalized spacial score (nSPS) is 44.4. The highest BCUT2D eigenvalue weighted by atomic mass is 16.3. The largest absolute Gasteiger partial charge is 0.390 e. The Balaban J connectivity index is 1.36. The molecule has 0 spiro atoms. The van der Waals surface area contributed by atoms with E-state index in [1.54, 1.807) is 11.8 Å². The van der Waals surface area contributed by atoms with Crippen LogP contribution in [0.2, 0.25) is 0 Å². The van der Waals surface area contributed by atoms with Crippen molar-refractivity contribution in [3.05, 3.63) is 29.6 Å². The van der Waals surface area contributed by atoms with Crippen molar-refractivity contribution in [3.63, 3.8) is 0 Å². The molecule has 3 fully saturated rings. The number of aromatic nitrogens is 2. The Morgan fingerprint density at radius 2 is 1.97 bits per heavy atom. The minimum atomic E-state index is -0.494. The second kappa shape index (κ2) is 7.73. The third kappa shape index (κ3) is 3.47. The summed E-state index contributed by atoms with van der Waals surface area (Å²) in [5, 5.41) is 24.3. The monoisotopic (exact) mass is 435 g/mol. The summed E-state index contributed by atoms with van der Waals surface area (Å²) in [6.07, 6.45) is 16.9. The van der Waals surface area contributed by atoms with Gasteiger partial charge in [-0.15, -0.1) is 0 Å². The molecule has 1 aromatic rings. The van der Waals surface area contributed by atoms with Crippen molar-refractivity contribution < 1.29 is 5.11 Å². The van der Waals surface area contributed by atoms with Crippen LogP contribution in [0.25, 0.3) is 0 Å². The Hall–Kier alpha value is -1.60. The molecule has 0 amide bonds. The molecular weight excluding hydrogens is 394 g/mol. The van der Waals surface area contributed by atoms with Crippen molar-refractivity contribution in [2.45, 2.75) is 97.6 Å². The van der Waals surface area contributed by atoms with Crippen LogP contribution >= 0.6 is 0 Å². The third-order valence-corrected chi connectivity index (χ3v) is 10.7. The molecule has 4 aliphatic rings. The number of nitrogens with zero attached hydrogens (tertiary/aromatic N) is 3. The first kappa shape index (κ1) is 22.2. The first-order valence-electron chi connectivity index (χ1n) is 13.0. The number of aliphatic hydroxyl groups is 1. The van der Waals surface area contributed by atoms with Crippen LogP contribution in [-0.2, 0) is 6.54 Å². The van der Waals surface area contributed by atoms with Gasteiger partial charge in [0, 0.05) is 12.7 Å². The van der Waals surface area contributed by atoms with Gasteiger partial charge in [0.05, 0.1) is 17.4 Å². The molecule has 1 N–H and O–H groups in total. The zero-order chi connectivity index (χ0) is 22.7. The highest BCUT2D eigenvalue weighted by Crippen LogP contribution is 2.67. The van der Waals surface area contributed by atoms with Crippen molar-refractivity contribution in [1.82, 2.24) is 9.78 Å². The van der Waals surface area contributed by atoms with Crippen LogP contribution < -0.4 is 0 Å². The number of fused-ring (bicyclic) bond motifs is 5. The number of rotatable bonds is 3. The summed E-state index contributed by atoms with van der Waals surface area (Å²) in [5.41, 5.74) is 2.54. The maximum absolute atomic E-state index is 10.8. The van der Waals surface area contributed by atoms with E-state index in [-0.39, 0.29) is 5.41 Å². The van der Waals surface area contributed by atoms with Gasteiger partial charge in [-0.1, -0.05) is 32.4 Å². The summed E-state index contributed by atoms with van der Waals surface area (Å²) < 4.78 is 1.99. The molecule has 0 radical (unpaired) electrons. The van der Waals surface area contributed by atoms with Crippen LogP contribution in [0.15, 0.2) is 24.0 Å². The van der Waals surface area contributed by atoms with Gasteiger partial charge in [0.15, 0.2) is 0 Å². The molecule has 1 aromatic heterocycles. The van der Waals surface area contributed by atoms with E-state index in [0.29, 0.717) is 16.9 Å². The lowest BCUT2D eigenvalue weighted by molar-refractivity contribution is -0.0495. The van der Waals surface area contributed by atoms with Gasteiger partial charge in [-0.3, -0.25) is 4.68 Å². The van der Waals surface area contributed by atoms with Crippen molar-refractivity contribution in [1.29, 1.82) is 5.26 Å². The van der Waals surface area contributed by atoms with Crippen LogP contribution in [0.5, 0.6) is 0 Å². The minimum absolute atomic E-state index is 0.289. The highest BCUT2D eigenvalue weighted by molar-refractivity contribution is 5.25. The fourth-order valence-corrected chi connectivity index (χ4v) is 8.87. The Morgan fingerprint density at radius 3 is 2.72 bits per heavy atom. The summed E-state index contributed by atoms with van der Waals surface area (Å²) in [4.78, 5) is 0. The zero-order valence-electron chi connectivity index (χ0n) is 20.5. The summed E-state index contributed by atoms with van der Waals surface area (Å²) >= 11 is 0. The summed E-state index contributed by atoms with van der Waals surface area (Å²) in [6, 6.07) is 2.21. The van der Waals surface area contributed by atoms with Gasteiger partial charge in [0.2, 0.25) is 0 Å². The van der Waals surface area contributed by atoms with E-state index < -0.39 is 5.60 Å². The quantitative estimate of drug-likeness (QED) is 0.583. The average molecular weight is 436 g/mol. The average Bonchev–Trinajstić information content (AvgIpc) is 3.32. The molecule has 0 bridgehead atoms. The molecule has 0 saturated heterocycles. The first-order valence-corrected chi connectivity index (χ1v) is 13.0. The Morgan fingerprint density at radius 1 is 1.16 bits per heavy atom. The maximum atomic E-state index is 10.8. The van der Waals surface area contributed by atoms with E-state index in [0.717, 1.165) is 55.9 Å². The standard InChI is InChI=1S/C28H41N3O/c1-19(17-31-18-20(15-29)16-30-31)23-7-8-24-22-6-5-21-9-11-26(2,32)13-14-27(21,3)25(22)10-12-28(23,24)4/h5,16,18-19,22-25,32H,6-14,17H2,1-4H3/t19?,22-,23+,24-,25-,26-,27-,28+/m0/s1. The molecule has 5 rings (SSSR count). The fraction of sp³-hybridized carbons (Fsp3) is 0.786. The molecule has 4 aliphatic carbocycles. The van der Waals surface area contributed by atoms with Crippen LogP contribution in [-0.4, -0.2) is 20.5 Å². The number of allylic oxidation sites excluding steroid dienone is 2. The van der Waals surface area contributed by atoms with Gasteiger partial charge in [0.1, 0.15) is 6.07 Å². The fourth-order valence-electron chi connectivity index (χ4n) is 8.87. The number of hydrogen-bond donors (Lipinski definition) is 1. The Kier molecular flexibility index (Phi) is 5.36. The molecule has 32 heavy (non-hydrogen) atoms. The predicted octanol–water partition coefficient (Wildman–Crippen LogP) is 6.11. The highest BCUT2D eigenvalue weighted by Gasteiger charge is 2.59. The minimum Gasteiger partial charge on any atom is -0.390 e. The van der Waals surface area contributed by atoms with Crippen molar-refractivity contribution in [2.24, 2.45) is 40.4 Å². The van der Waals surface area contributed by atoms with Crippen molar-refractivity contribution in [2.75, 3.05) is 0 Å². The van der Waals surface area contributed by atoms with Crippen LogP contribution in [0.4, 0.5) is 0 Å². The topological polar surface area (TPSA) is 61.8 Å². The molecule has 174 valence electrons. The Bertz CT molecular complexity index is 939. The SMILES string of the molecule is CC(Cn1cc(C#N)cn1)[C@H]1CC[C@H]2[C@@H]3CC=C4CC[C@](C)(O)CC[C@]4(C)[C@H]3CC[C@]12C. The van der Waals surface area contributed by atoms with Gasteiger partial charge in [-0.05, 0) is 105 Å². The predicted molar refractivity (Wildman–Crippen MR) is 127 cm³/mol. The Labute approximate surface area is 194 Å². The van der Waals surface area contributed by atoms with E-state index in [1.165, 1.54) is 32.1 Å². The van der Waals surface area contributed by atoms with E-state index in [9.17, 15) is 5.11 Å². The first-order chi connectivity index (χ1) is 15.2. The second-order valence-corrected chi connectivity index (χ2v) is 12.5. The van der Waals surface area contributed by atoms with E-state index >= 15 is 0 Å². The third-order valence-electron chi connectivity index (χ3n) is 10.7. The smallest absolute Gasteiger partial charge is 0.102 e. The maximum Gasteiger partial charge on any atom is 0.102 e. The summed E-state index contributed by atoms with van der Waals surface area (Å²) in [7, 11) is 0. The molecule has 0 aromatic carbocycles. The lowest BCUT2D eigenvalue weighted by Gasteiger charge is -2.57. The van der Waals surface area contributed by atoms with Crippen molar-refractivity contribution >= 4 is 0 Å². The lowest BCUT2D eigenvalue weighted by atomic mass is 9.48. The van der Waals surface area contributed by atoms with Gasteiger partial charge >= 0.3 is 0 Å². The van der Waals surface area contributed by atoms with E-state index in [2.05, 4.69) is 38.0 Å².